The second-order valence-corrected chi connectivity index (χ2v) is 8.29. The first-order valence-electron chi connectivity index (χ1n) is 8.10. The first-order valence-corrected chi connectivity index (χ1v) is 9.91. The number of primary amides is 1. The maximum atomic E-state index is 12.3. The Morgan fingerprint density at radius 3 is 3.00 bits per heavy atom. The van der Waals surface area contributed by atoms with E-state index in [1.54, 1.807) is 12.3 Å². The third-order valence-corrected chi connectivity index (χ3v) is 6.15. The molecule has 0 radical (unpaired) electrons. The molecule has 2 amide bonds. The zero-order chi connectivity index (χ0) is 18.0. The van der Waals surface area contributed by atoms with Crippen LogP contribution in [-0.2, 0) is 17.6 Å². The molecule has 2 heterocycles. The van der Waals surface area contributed by atoms with Crippen LogP contribution in [0.2, 0.25) is 0 Å². The summed E-state index contributed by atoms with van der Waals surface area (Å²) >= 11 is 2.74. The molecule has 0 bridgehead atoms. The molecule has 1 unspecified atom stereocenters. The monoisotopic (exact) mass is 376 g/mol. The number of nitrogens with two attached hydrogens (primary N) is 1. The van der Waals surface area contributed by atoms with Gasteiger partial charge in [-0.05, 0) is 43.7 Å². The third-order valence-electron chi connectivity index (χ3n) is 4.12. The molecular formula is C17H20N4O2S2. The molecule has 0 spiro atoms. The number of aromatic nitrogens is 2. The van der Waals surface area contributed by atoms with Gasteiger partial charge in [-0.25, -0.2) is 9.97 Å². The van der Waals surface area contributed by atoms with Crippen LogP contribution in [0.15, 0.2) is 17.4 Å². The highest BCUT2D eigenvalue weighted by atomic mass is 32.2. The summed E-state index contributed by atoms with van der Waals surface area (Å²) in [4.78, 5) is 33.7. The number of amides is 2. The second kappa shape index (κ2) is 7.53. The number of carbonyl (C=O) groups excluding carboxylic acids is 2. The Labute approximate surface area is 154 Å². The van der Waals surface area contributed by atoms with E-state index in [4.69, 9.17) is 5.73 Å². The van der Waals surface area contributed by atoms with Crippen LogP contribution in [0.25, 0.3) is 0 Å². The highest BCUT2D eigenvalue weighted by molar-refractivity contribution is 7.99. The quantitative estimate of drug-likeness (QED) is 0.618. The lowest BCUT2D eigenvalue weighted by molar-refractivity contribution is -0.113. The standard InChI is InChI=1S/C17H20N4O2S2/c1-9-3-4-11-12(7-9)25-16(14(11)15(18)23)21-13(22)8-24-17-19-6-5-10(2)20-17/h5-6,9H,3-4,7-8H2,1-2H3,(H2,18,23)(H,21,22). The van der Waals surface area contributed by atoms with Crippen molar-refractivity contribution >= 4 is 39.9 Å². The summed E-state index contributed by atoms with van der Waals surface area (Å²) in [5.41, 5.74) is 7.92. The van der Waals surface area contributed by atoms with E-state index < -0.39 is 5.91 Å². The van der Waals surface area contributed by atoms with Gasteiger partial charge >= 0.3 is 0 Å². The number of nitrogens with zero attached hydrogens (tertiary/aromatic N) is 2. The molecule has 0 aromatic carbocycles. The molecular weight excluding hydrogens is 356 g/mol. The van der Waals surface area contributed by atoms with Gasteiger partial charge in [-0.2, -0.15) is 0 Å². The van der Waals surface area contributed by atoms with Crippen molar-refractivity contribution in [3.8, 4) is 0 Å². The summed E-state index contributed by atoms with van der Waals surface area (Å²) in [6.45, 7) is 4.07. The van der Waals surface area contributed by atoms with Crippen LogP contribution in [0.5, 0.6) is 0 Å². The van der Waals surface area contributed by atoms with Gasteiger partial charge in [0.2, 0.25) is 5.91 Å². The number of nitrogens with one attached hydrogen (secondary N) is 1. The van der Waals surface area contributed by atoms with Gasteiger partial charge in [-0.1, -0.05) is 18.7 Å². The van der Waals surface area contributed by atoms with E-state index in [1.807, 2.05) is 6.92 Å². The number of aryl methyl sites for hydroxylation is 1. The average molecular weight is 377 g/mol. The summed E-state index contributed by atoms with van der Waals surface area (Å²) in [7, 11) is 0. The van der Waals surface area contributed by atoms with Gasteiger partial charge in [0.25, 0.3) is 5.91 Å². The van der Waals surface area contributed by atoms with Gasteiger partial charge in [0.1, 0.15) is 5.00 Å². The third kappa shape index (κ3) is 4.19. The molecule has 1 atom stereocenters. The van der Waals surface area contributed by atoms with Gasteiger partial charge in [0, 0.05) is 16.8 Å². The van der Waals surface area contributed by atoms with Crippen molar-refractivity contribution in [1.82, 2.24) is 9.97 Å². The predicted molar refractivity (Wildman–Crippen MR) is 100 cm³/mol. The van der Waals surface area contributed by atoms with Crippen molar-refractivity contribution in [2.75, 3.05) is 11.1 Å². The number of thiophene rings is 1. The Balaban J connectivity index is 1.71. The van der Waals surface area contributed by atoms with E-state index in [9.17, 15) is 9.59 Å². The van der Waals surface area contributed by atoms with Crippen LogP contribution in [0, 0.1) is 12.8 Å². The van der Waals surface area contributed by atoms with Crippen molar-refractivity contribution in [2.45, 2.75) is 38.3 Å². The summed E-state index contributed by atoms with van der Waals surface area (Å²) in [6.07, 6.45) is 4.48. The molecule has 132 valence electrons. The molecule has 0 saturated carbocycles. The fourth-order valence-electron chi connectivity index (χ4n) is 2.89. The van der Waals surface area contributed by atoms with E-state index in [-0.39, 0.29) is 11.7 Å². The van der Waals surface area contributed by atoms with Crippen LogP contribution >= 0.6 is 23.1 Å². The van der Waals surface area contributed by atoms with Crippen LogP contribution < -0.4 is 11.1 Å². The lowest BCUT2D eigenvalue weighted by Crippen LogP contribution is -2.20. The number of fused-ring (bicyclic) bond motifs is 1. The first kappa shape index (κ1) is 17.9. The zero-order valence-corrected chi connectivity index (χ0v) is 15.8. The van der Waals surface area contributed by atoms with Gasteiger partial charge in [-0.3, -0.25) is 9.59 Å². The number of carbonyl (C=O) groups is 2. The number of thioether (sulfide) groups is 1. The fourth-order valence-corrected chi connectivity index (χ4v) is 5.00. The largest absolute Gasteiger partial charge is 0.365 e. The minimum atomic E-state index is -0.475. The molecule has 6 nitrogen and oxygen atoms in total. The normalized spacial score (nSPS) is 16.3. The van der Waals surface area contributed by atoms with Crippen molar-refractivity contribution < 1.29 is 9.59 Å². The topological polar surface area (TPSA) is 98.0 Å². The van der Waals surface area contributed by atoms with Crippen molar-refractivity contribution in [1.29, 1.82) is 0 Å². The number of anilines is 1. The Morgan fingerprint density at radius 2 is 2.28 bits per heavy atom. The molecule has 25 heavy (non-hydrogen) atoms. The molecule has 0 fully saturated rings. The summed E-state index contributed by atoms with van der Waals surface area (Å²) in [5, 5.41) is 3.98. The van der Waals surface area contributed by atoms with E-state index >= 15 is 0 Å². The van der Waals surface area contributed by atoms with Crippen molar-refractivity contribution in [3.05, 3.63) is 34.0 Å². The Hall–Kier alpha value is -1.93. The lowest BCUT2D eigenvalue weighted by atomic mass is 9.88. The van der Waals surface area contributed by atoms with E-state index in [0.29, 0.717) is 21.6 Å². The fraction of sp³-hybridized carbons (Fsp3) is 0.412. The second-order valence-electron chi connectivity index (χ2n) is 6.24. The Bertz CT molecular complexity index is 819. The molecule has 0 aliphatic heterocycles. The summed E-state index contributed by atoms with van der Waals surface area (Å²) in [6, 6.07) is 1.81. The highest BCUT2D eigenvalue weighted by Crippen LogP contribution is 2.39. The molecule has 8 heteroatoms. The maximum Gasteiger partial charge on any atom is 0.251 e. The Kier molecular flexibility index (Phi) is 5.39. The molecule has 0 saturated heterocycles. The van der Waals surface area contributed by atoms with E-state index in [0.717, 1.165) is 35.4 Å². The highest BCUT2D eigenvalue weighted by Gasteiger charge is 2.27. The smallest absolute Gasteiger partial charge is 0.251 e. The maximum absolute atomic E-state index is 12.3. The first-order chi connectivity index (χ1) is 11.9. The molecule has 2 aromatic heterocycles. The van der Waals surface area contributed by atoms with Crippen molar-refractivity contribution in [2.24, 2.45) is 11.7 Å². The van der Waals surface area contributed by atoms with E-state index in [1.165, 1.54) is 23.1 Å². The number of hydrogen-bond acceptors (Lipinski definition) is 6. The molecule has 1 aliphatic rings. The molecule has 2 aromatic rings. The van der Waals surface area contributed by atoms with Gasteiger partial charge in [-0.15, -0.1) is 11.3 Å². The summed E-state index contributed by atoms with van der Waals surface area (Å²) < 4.78 is 0. The van der Waals surface area contributed by atoms with Gasteiger partial charge in [0.05, 0.1) is 11.3 Å². The lowest BCUT2D eigenvalue weighted by Gasteiger charge is -2.18. The minimum Gasteiger partial charge on any atom is -0.365 e. The average Bonchev–Trinajstić information content (AvgIpc) is 2.90. The molecule has 3 N–H and O–H groups in total. The number of rotatable bonds is 5. The van der Waals surface area contributed by atoms with Crippen molar-refractivity contribution in [3.63, 3.8) is 0 Å². The summed E-state index contributed by atoms with van der Waals surface area (Å²) in [5.74, 6) is 0.103. The van der Waals surface area contributed by atoms with Crippen LogP contribution in [-0.4, -0.2) is 27.5 Å². The van der Waals surface area contributed by atoms with Gasteiger partial charge in [0.15, 0.2) is 5.16 Å². The van der Waals surface area contributed by atoms with Crippen LogP contribution in [0.4, 0.5) is 5.00 Å². The molecule has 3 rings (SSSR count). The zero-order valence-electron chi connectivity index (χ0n) is 14.2. The predicted octanol–water partition coefficient (Wildman–Crippen LogP) is 2.80. The van der Waals surface area contributed by atoms with Crippen LogP contribution in [0.1, 0.15) is 39.8 Å². The minimum absolute atomic E-state index is 0.181. The van der Waals surface area contributed by atoms with E-state index in [2.05, 4.69) is 22.2 Å². The number of hydrogen-bond donors (Lipinski definition) is 2. The molecule has 1 aliphatic carbocycles. The Morgan fingerprint density at radius 1 is 1.48 bits per heavy atom. The SMILES string of the molecule is Cc1ccnc(SCC(=O)Nc2sc3c(c2C(N)=O)CCC(C)C3)n1. The van der Waals surface area contributed by atoms with Crippen LogP contribution in [0.3, 0.4) is 0 Å². The van der Waals surface area contributed by atoms with Gasteiger partial charge < -0.3 is 11.1 Å².